The van der Waals surface area contributed by atoms with E-state index >= 15 is 0 Å². The van der Waals surface area contributed by atoms with E-state index in [-0.39, 0.29) is 18.4 Å². The Hall–Kier alpha value is -2.04. The summed E-state index contributed by atoms with van der Waals surface area (Å²) in [7, 11) is 0. The van der Waals surface area contributed by atoms with Crippen molar-refractivity contribution in [3.63, 3.8) is 0 Å². The van der Waals surface area contributed by atoms with Gasteiger partial charge in [0, 0.05) is 25.1 Å². The summed E-state index contributed by atoms with van der Waals surface area (Å²) in [5.41, 5.74) is 0.865. The molecule has 1 aromatic carbocycles. The Morgan fingerprint density at radius 1 is 1.14 bits per heavy atom. The number of carbonyl (C=O) groups excluding carboxylic acids is 2. The van der Waals surface area contributed by atoms with Gasteiger partial charge in [-0.25, -0.2) is 0 Å². The van der Waals surface area contributed by atoms with Gasteiger partial charge in [-0.15, -0.1) is 0 Å². The Morgan fingerprint density at radius 3 is 2.55 bits per heavy atom. The lowest BCUT2D eigenvalue weighted by Crippen LogP contribution is -2.29. The van der Waals surface area contributed by atoms with Crippen LogP contribution in [0.4, 0.5) is 0 Å². The quantitative estimate of drug-likeness (QED) is 0.735. The molecule has 22 heavy (non-hydrogen) atoms. The molecular formula is C17H26N2O3. The van der Waals surface area contributed by atoms with Gasteiger partial charge in [0.15, 0.2) is 6.61 Å². The van der Waals surface area contributed by atoms with E-state index in [1.54, 1.807) is 6.07 Å². The summed E-state index contributed by atoms with van der Waals surface area (Å²) in [6, 6.07) is 7.42. The number of ether oxygens (including phenoxy) is 1. The number of likely N-dealkylation sites (N-methyl/N-ethyl adjacent to an activating group) is 1. The fraction of sp³-hybridized carbons (Fsp3) is 0.529. The van der Waals surface area contributed by atoms with Gasteiger partial charge >= 0.3 is 0 Å². The molecule has 5 nitrogen and oxygen atoms in total. The SMILES string of the molecule is CCNC(=O)COc1ccccc1CNC(=O)CC(C)CC. The first-order valence-corrected chi connectivity index (χ1v) is 7.80. The molecular weight excluding hydrogens is 280 g/mol. The number of nitrogens with one attached hydrogen (secondary N) is 2. The molecule has 0 aliphatic rings. The van der Waals surface area contributed by atoms with Crippen LogP contribution in [0.2, 0.25) is 0 Å². The topological polar surface area (TPSA) is 67.4 Å². The van der Waals surface area contributed by atoms with Crippen LogP contribution in [0.3, 0.4) is 0 Å². The first-order valence-electron chi connectivity index (χ1n) is 7.80. The Labute approximate surface area is 132 Å². The summed E-state index contributed by atoms with van der Waals surface area (Å²) < 4.78 is 5.52. The van der Waals surface area contributed by atoms with Crippen molar-refractivity contribution in [3.8, 4) is 5.75 Å². The average Bonchev–Trinajstić information content (AvgIpc) is 2.51. The van der Waals surface area contributed by atoms with Crippen LogP contribution < -0.4 is 15.4 Å². The summed E-state index contributed by atoms with van der Waals surface area (Å²) in [6.07, 6.45) is 1.51. The van der Waals surface area contributed by atoms with E-state index in [0.29, 0.717) is 31.2 Å². The van der Waals surface area contributed by atoms with Crippen molar-refractivity contribution in [3.05, 3.63) is 29.8 Å². The van der Waals surface area contributed by atoms with Gasteiger partial charge in [-0.05, 0) is 18.9 Å². The van der Waals surface area contributed by atoms with E-state index in [1.165, 1.54) is 0 Å². The number of hydrogen-bond donors (Lipinski definition) is 2. The minimum atomic E-state index is -0.155. The molecule has 0 saturated heterocycles. The van der Waals surface area contributed by atoms with E-state index in [4.69, 9.17) is 4.74 Å². The summed E-state index contributed by atoms with van der Waals surface area (Å²) in [4.78, 5) is 23.3. The maximum atomic E-state index is 11.8. The Morgan fingerprint density at radius 2 is 1.86 bits per heavy atom. The summed E-state index contributed by atoms with van der Waals surface area (Å²) in [5, 5.41) is 5.58. The van der Waals surface area contributed by atoms with E-state index in [9.17, 15) is 9.59 Å². The van der Waals surface area contributed by atoms with Crippen LogP contribution in [0.5, 0.6) is 5.75 Å². The van der Waals surface area contributed by atoms with Gasteiger partial charge in [0.1, 0.15) is 5.75 Å². The van der Waals surface area contributed by atoms with Gasteiger partial charge in [0.05, 0.1) is 0 Å². The minimum absolute atomic E-state index is 0.0222. The van der Waals surface area contributed by atoms with Crippen LogP contribution in [0, 0.1) is 5.92 Å². The van der Waals surface area contributed by atoms with Crippen molar-refractivity contribution < 1.29 is 14.3 Å². The molecule has 1 unspecified atom stereocenters. The number of amides is 2. The number of benzene rings is 1. The maximum absolute atomic E-state index is 11.8. The van der Waals surface area contributed by atoms with Crippen LogP contribution in [0.1, 0.15) is 39.2 Å². The second-order valence-corrected chi connectivity index (χ2v) is 5.34. The molecule has 1 aromatic rings. The molecule has 0 heterocycles. The molecule has 1 rings (SSSR count). The fourth-order valence-electron chi connectivity index (χ4n) is 1.91. The summed E-state index contributed by atoms with van der Waals surface area (Å²) in [5.74, 6) is 0.882. The molecule has 1 atom stereocenters. The highest BCUT2D eigenvalue weighted by molar-refractivity contribution is 5.77. The molecule has 2 amide bonds. The zero-order valence-corrected chi connectivity index (χ0v) is 13.6. The maximum Gasteiger partial charge on any atom is 0.257 e. The molecule has 0 spiro atoms. The van der Waals surface area contributed by atoms with Gasteiger partial charge in [0.2, 0.25) is 5.91 Å². The molecule has 122 valence electrons. The Kier molecular flexibility index (Phi) is 8.04. The zero-order valence-electron chi connectivity index (χ0n) is 13.6. The molecule has 0 aliphatic carbocycles. The van der Waals surface area contributed by atoms with Crippen molar-refractivity contribution >= 4 is 11.8 Å². The third-order valence-corrected chi connectivity index (χ3v) is 3.41. The van der Waals surface area contributed by atoms with Crippen molar-refractivity contribution in [2.45, 2.75) is 40.2 Å². The van der Waals surface area contributed by atoms with Crippen LogP contribution in [-0.2, 0) is 16.1 Å². The third-order valence-electron chi connectivity index (χ3n) is 3.41. The average molecular weight is 306 g/mol. The highest BCUT2D eigenvalue weighted by atomic mass is 16.5. The lowest BCUT2D eigenvalue weighted by molar-refractivity contribution is -0.123. The van der Waals surface area contributed by atoms with Crippen LogP contribution in [0.15, 0.2) is 24.3 Å². The minimum Gasteiger partial charge on any atom is -0.483 e. The van der Waals surface area contributed by atoms with E-state index < -0.39 is 0 Å². The molecule has 0 saturated carbocycles. The molecule has 0 aromatic heterocycles. The van der Waals surface area contributed by atoms with Gasteiger partial charge in [-0.2, -0.15) is 0 Å². The first-order chi connectivity index (χ1) is 10.6. The number of rotatable bonds is 9. The monoisotopic (exact) mass is 306 g/mol. The molecule has 5 heteroatoms. The number of carbonyl (C=O) groups is 2. The normalized spacial score (nSPS) is 11.6. The predicted molar refractivity (Wildman–Crippen MR) is 86.5 cm³/mol. The zero-order chi connectivity index (χ0) is 16.4. The second-order valence-electron chi connectivity index (χ2n) is 5.34. The lowest BCUT2D eigenvalue weighted by Gasteiger charge is -2.13. The Bertz CT molecular complexity index is 489. The predicted octanol–water partition coefficient (Wildman–Crippen LogP) is 2.25. The standard InChI is InChI=1S/C17H26N2O3/c1-4-13(3)10-16(20)19-11-14-8-6-7-9-15(14)22-12-17(21)18-5-2/h6-9,13H,4-5,10-12H2,1-3H3,(H,18,21)(H,19,20). The number of hydrogen-bond acceptors (Lipinski definition) is 3. The van der Waals surface area contributed by atoms with E-state index in [2.05, 4.69) is 24.5 Å². The largest absolute Gasteiger partial charge is 0.483 e. The van der Waals surface area contributed by atoms with Crippen LogP contribution in [-0.4, -0.2) is 25.0 Å². The van der Waals surface area contributed by atoms with Crippen molar-refractivity contribution in [1.82, 2.24) is 10.6 Å². The molecule has 0 aliphatic heterocycles. The van der Waals surface area contributed by atoms with Crippen LogP contribution >= 0.6 is 0 Å². The third kappa shape index (κ3) is 6.61. The second kappa shape index (κ2) is 9.82. The van der Waals surface area contributed by atoms with E-state index in [0.717, 1.165) is 12.0 Å². The van der Waals surface area contributed by atoms with Gasteiger partial charge in [-0.1, -0.05) is 38.5 Å². The van der Waals surface area contributed by atoms with Gasteiger partial charge in [0.25, 0.3) is 5.91 Å². The van der Waals surface area contributed by atoms with Crippen LogP contribution in [0.25, 0.3) is 0 Å². The number of para-hydroxylation sites is 1. The highest BCUT2D eigenvalue weighted by Crippen LogP contribution is 2.17. The molecule has 2 N–H and O–H groups in total. The molecule has 0 fully saturated rings. The van der Waals surface area contributed by atoms with Crippen molar-refractivity contribution in [2.24, 2.45) is 5.92 Å². The van der Waals surface area contributed by atoms with Crippen molar-refractivity contribution in [1.29, 1.82) is 0 Å². The lowest BCUT2D eigenvalue weighted by atomic mass is 10.0. The smallest absolute Gasteiger partial charge is 0.257 e. The van der Waals surface area contributed by atoms with Crippen molar-refractivity contribution in [2.75, 3.05) is 13.2 Å². The fourth-order valence-corrected chi connectivity index (χ4v) is 1.91. The Balaban J connectivity index is 2.53. The summed E-state index contributed by atoms with van der Waals surface area (Å²) >= 11 is 0. The molecule has 0 radical (unpaired) electrons. The highest BCUT2D eigenvalue weighted by Gasteiger charge is 2.09. The van der Waals surface area contributed by atoms with E-state index in [1.807, 2.05) is 25.1 Å². The van der Waals surface area contributed by atoms with Gasteiger partial charge in [-0.3, -0.25) is 9.59 Å². The summed E-state index contributed by atoms with van der Waals surface area (Å²) in [6.45, 7) is 6.95. The first kappa shape index (κ1) is 18.0. The molecule has 0 bridgehead atoms. The van der Waals surface area contributed by atoms with Gasteiger partial charge < -0.3 is 15.4 Å².